The molecule has 2 fully saturated rings. The van der Waals surface area contributed by atoms with Crippen LogP contribution >= 0.6 is 0 Å². The molecule has 4 nitrogen and oxygen atoms in total. The van der Waals surface area contributed by atoms with Crippen LogP contribution in [0.2, 0.25) is 0 Å². The number of hydrogen-bond acceptors (Lipinski definition) is 3. The summed E-state index contributed by atoms with van der Waals surface area (Å²) in [7, 11) is 0. The van der Waals surface area contributed by atoms with E-state index < -0.39 is 0 Å². The lowest BCUT2D eigenvalue weighted by atomic mass is 9.78. The van der Waals surface area contributed by atoms with E-state index >= 15 is 0 Å². The Kier molecular flexibility index (Phi) is 5.22. The summed E-state index contributed by atoms with van der Waals surface area (Å²) in [5.41, 5.74) is 5.73. The number of nitrogens with two attached hydrogens (primary N) is 1. The number of aliphatic hydroxyl groups is 1. The molecule has 0 saturated heterocycles. The number of nitrogens with one attached hydrogen (secondary N) is 1. The zero-order chi connectivity index (χ0) is 13.7. The summed E-state index contributed by atoms with van der Waals surface area (Å²) in [6.07, 6.45) is 8.81. The lowest BCUT2D eigenvalue weighted by Crippen LogP contribution is -2.44. The molecule has 2 atom stereocenters. The van der Waals surface area contributed by atoms with Crippen LogP contribution in [0.15, 0.2) is 0 Å². The van der Waals surface area contributed by atoms with Crippen molar-refractivity contribution in [3.63, 3.8) is 0 Å². The van der Waals surface area contributed by atoms with E-state index in [0.29, 0.717) is 19.0 Å². The third-order valence-electron chi connectivity index (χ3n) is 5.19. The van der Waals surface area contributed by atoms with Crippen LogP contribution in [0.1, 0.15) is 51.4 Å². The quantitative estimate of drug-likeness (QED) is 0.706. The van der Waals surface area contributed by atoms with Crippen LogP contribution in [-0.4, -0.2) is 30.7 Å². The van der Waals surface area contributed by atoms with E-state index in [-0.39, 0.29) is 23.8 Å². The Morgan fingerprint density at radius 3 is 2.53 bits per heavy atom. The molecule has 110 valence electrons. The van der Waals surface area contributed by atoms with Gasteiger partial charge in [0, 0.05) is 17.9 Å². The van der Waals surface area contributed by atoms with Gasteiger partial charge in [0.1, 0.15) is 0 Å². The lowest BCUT2D eigenvalue weighted by Gasteiger charge is -2.32. The summed E-state index contributed by atoms with van der Waals surface area (Å²) in [5, 5.41) is 12.7. The highest BCUT2D eigenvalue weighted by Crippen LogP contribution is 2.37. The first-order valence-electron chi connectivity index (χ1n) is 7.79. The summed E-state index contributed by atoms with van der Waals surface area (Å²) in [6.45, 7) is 1.44. The van der Waals surface area contributed by atoms with Crippen molar-refractivity contribution in [3.8, 4) is 0 Å². The molecule has 1 amide bonds. The lowest BCUT2D eigenvalue weighted by molar-refractivity contribution is -0.128. The van der Waals surface area contributed by atoms with Crippen molar-refractivity contribution in [2.75, 3.05) is 19.7 Å². The van der Waals surface area contributed by atoms with Crippen LogP contribution in [0.4, 0.5) is 0 Å². The molecule has 4 N–H and O–H groups in total. The Labute approximate surface area is 116 Å². The topological polar surface area (TPSA) is 75.4 Å². The average Bonchev–Trinajstić information content (AvgIpc) is 2.94. The van der Waals surface area contributed by atoms with Crippen molar-refractivity contribution < 1.29 is 9.90 Å². The van der Waals surface area contributed by atoms with E-state index in [0.717, 1.165) is 32.1 Å². The van der Waals surface area contributed by atoms with E-state index in [1.807, 2.05) is 0 Å². The second kappa shape index (κ2) is 6.71. The van der Waals surface area contributed by atoms with Crippen molar-refractivity contribution in [2.24, 2.45) is 23.0 Å². The van der Waals surface area contributed by atoms with Crippen LogP contribution < -0.4 is 11.1 Å². The van der Waals surface area contributed by atoms with Gasteiger partial charge >= 0.3 is 0 Å². The van der Waals surface area contributed by atoms with Crippen LogP contribution in [0.5, 0.6) is 0 Å². The van der Waals surface area contributed by atoms with Crippen molar-refractivity contribution in [1.29, 1.82) is 0 Å². The molecular weight excluding hydrogens is 240 g/mol. The number of rotatable bonds is 5. The number of amides is 1. The maximum atomic E-state index is 12.3. The zero-order valence-corrected chi connectivity index (χ0v) is 11.9. The number of hydrogen-bond donors (Lipinski definition) is 3. The van der Waals surface area contributed by atoms with Crippen molar-refractivity contribution in [1.82, 2.24) is 5.32 Å². The maximum absolute atomic E-state index is 12.3. The molecule has 0 aromatic rings. The SMILES string of the molecule is NCC1CCCCC1C(=O)NCC1(CO)CCCC1. The highest BCUT2D eigenvalue weighted by atomic mass is 16.3. The van der Waals surface area contributed by atoms with Gasteiger partial charge in [-0.2, -0.15) is 0 Å². The largest absolute Gasteiger partial charge is 0.396 e. The molecule has 2 saturated carbocycles. The molecule has 0 heterocycles. The Morgan fingerprint density at radius 2 is 1.89 bits per heavy atom. The number of carbonyl (C=O) groups is 1. The normalized spacial score (nSPS) is 30.2. The van der Waals surface area contributed by atoms with Gasteiger partial charge in [0.2, 0.25) is 5.91 Å². The van der Waals surface area contributed by atoms with Crippen molar-refractivity contribution in [3.05, 3.63) is 0 Å². The Bertz CT molecular complexity index is 301. The van der Waals surface area contributed by atoms with Gasteiger partial charge in [0.05, 0.1) is 6.61 Å². The third kappa shape index (κ3) is 3.48. The minimum absolute atomic E-state index is 0.0530. The first kappa shape index (κ1) is 14.8. The first-order valence-corrected chi connectivity index (χ1v) is 7.79. The molecule has 19 heavy (non-hydrogen) atoms. The van der Waals surface area contributed by atoms with Crippen LogP contribution in [0.25, 0.3) is 0 Å². The van der Waals surface area contributed by atoms with Gasteiger partial charge in [0.15, 0.2) is 0 Å². The minimum Gasteiger partial charge on any atom is -0.396 e. The molecule has 2 aliphatic rings. The second-order valence-electron chi connectivity index (χ2n) is 6.47. The molecule has 0 aromatic carbocycles. The summed E-state index contributed by atoms with van der Waals surface area (Å²) >= 11 is 0. The fraction of sp³-hybridized carbons (Fsp3) is 0.933. The monoisotopic (exact) mass is 268 g/mol. The van der Waals surface area contributed by atoms with Gasteiger partial charge < -0.3 is 16.2 Å². The Hall–Kier alpha value is -0.610. The zero-order valence-electron chi connectivity index (χ0n) is 11.9. The Morgan fingerprint density at radius 1 is 1.21 bits per heavy atom. The molecule has 4 heteroatoms. The molecule has 0 aromatic heterocycles. The third-order valence-corrected chi connectivity index (χ3v) is 5.19. The Balaban J connectivity index is 1.86. The predicted molar refractivity (Wildman–Crippen MR) is 75.5 cm³/mol. The number of aliphatic hydroxyl groups excluding tert-OH is 1. The first-order chi connectivity index (χ1) is 9.21. The highest BCUT2D eigenvalue weighted by molar-refractivity contribution is 5.79. The van der Waals surface area contributed by atoms with Gasteiger partial charge in [-0.3, -0.25) is 4.79 Å². The summed E-state index contributed by atoms with van der Waals surface area (Å²) in [4.78, 5) is 12.3. The van der Waals surface area contributed by atoms with Gasteiger partial charge in [0.25, 0.3) is 0 Å². The van der Waals surface area contributed by atoms with Crippen LogP contribution in [0.3, 0.4) is 0 Å². The predicted octanol–water partition coefficient (Wildman–Crippen LogP) is 1.42. The van der Waals surface area contributed by atoms with Crippen molar-refractivity contribution >= 4 is 5.91 Å². The van der Waals surface area contributed by atoms with E-state index in [1.54, 1.807) is 0 Å². The van der Waals surface area contributed by atoms with E-state index in [2.05, 4.69) is 5.32 Å². The smallest absolute Gasteiger partial charge is 0.223 e. The second-order valence-corrected chi connectivity index (χ2v) is 6.47. The van der Waals surface area contributed by atoms with E-state index in [4.69, 9.17) is 5.73 Å². The van der Waals surface area contributed by atoms with Gasteiger partial charge in [-0.15, -0.1) is 0 Å². The molecule has 2 aliphatic carbocycles. The summed E-state index contributed by atoms with van der Waals surface area (Å²) in [6, 6.07) is 0. The van der Waals surface area contributed by atoms with Crippen LogP contribution in [-0.2, 0) is 4.79 Å². The maximum Gasteiger partial charge on any atom is 0.223 e. The summed E-state index contributed by atoms with van der Waals surface area (Å²) < 4.78 is 0. The minimum atomic E-state index is -0.0530. The molecule has 0 radical (unpaired) electrons. The standard InChI is InChI=1S/C15H28N2O2/c16-9-12-5-1-2-6-13(12)14(19)17-10-15(11-18)7-3-4-8-15/h12-13,18H,1-11,16H2,(H,17,19). The van der Waals surface area contributed by atoms with Crippen molar-refractivity contribution in [2.45, 2.75) is 51.4 Å². The fourth-order valence-corrected chi connectivity index (χ4v) is 3.76. The van der Waals surface area contributed by atoms with Crippen LogP contribution in [0, 0.1) is 17.3 Å². The van der Waals surface area contributed by atoms with E-state index in [9.17, 15) is 9.90 Å². The van der Waals surface area contributed by atoms with Gasteiger partial charge in [-0.05, 0) is 38.1 Å². The highest BCUT2D eigenvalue weighted by Gasteiger charge is 2.35. The van der Waals surface area contributed by atoms with Gasteiger partial charge in [-0.1, -0.05) is 25.7 Å². The average molecular weight is 268 g/mol. The molecule has 2 rings (SSSR count). The molecule has 0 spiro atoms. The molecule has 0 aliphatic heterocycles. The fourth-order valence-electron chi connectivity index (χ4n) is 3.76. The molecule has 0 bridgehead atoms. The molecular formula is C15H28N2O2. The van der Waals surface area contributed by atoms with Gasteiger partial charge in [-0.25, -0.2) is 0 Å². The summed E-state index contributed by atoms with van der Waals surface area (Å²) in [5.74, 6) is 0.605. The molecule has 2 unspecified atom stereocenters. The number of carbonyl (C=O) groups excluding carboxylic acids is 1. The van der Waals surface area contributed by atoms with E-state index in [1.165, 1.54) is 19.3 Å².